The van der Waals surface area contributed by atoms with Crippen LogP contribution in [0.4, 0.5) is 13.2 Å². The average Bonchev–Trinajstić information content (AvgIpc) is 3.09. The predicted molar refractivity (Wildman–Crippen MR) is 124 cm³/mol. The molecule has 2 aromatic carbocycles. The second-order valence-corrected chi connectivity index (χ2v) is 8.45. The standard InChI is InChI=1S/C24H20Cl2F3N3O/c1-3-20-17(11-15-7-5-13-6-8-16(33)12-21(13)30-15)22(4-2)32(31-20)23-18(25)9-14(10-19(23)26)24(27,28)29/h5-10,12,33H,3-4,11H2,1-2H3. The van der Waals surface area contributed by atoms with E-state index in [1.165, 1.54) is 0 Å². The molecular formula is C24H20Cl2F3N3O. The highest BCUT2D eigenvalue weighted by molar-refractivity contribution is 6.37. The first-order valence-corrected chi connectivity index (χ1v) is 11.1. The van der Waals surface area contributed by atoms with E-state index in [4.69, 9.17) is 23.2 Å². The number of hydrogen-bond acceptors (Lipinski definition) is 3. The lowest BCUT2D eigenvalue weighted by molar-refractivity contribution is -0.137. The molecule has 2 heterocycles. The van der Waals surface area contributed by atoms with E-state index in [0.29, 0.717) is 24.8 Å². The maximum Gasteiger partial charge on any atom is 0.416 e. The molecule has 4 aromatic rings. The van der Waals surface area contributed by atoms with Gasteiger partial charge in [-0.15, -0.1) is 0 Å². The maximum absolute atomic E-state index is 13.2. The number of nitrogens with zero attached hydrogens (tertiary/aromatic N) is 3. The normalized spacial score (nSPS) is 12.0. The first-order valence-electron chi connectivity index (χ1n) is 10.4. The Balaban J connectivity index is 1.82. The lowest BCUT2D eigenvalue weighted by atomic mass is 10.0. The number of aromatic hydroxyl groups is 1. The van der Waals surface area contributed by atoms with Crippen LogP contribution in [0.1, 0.15) is 42.1 Å². The Morgan fingerprint density at radius 3 is 2.24 bits per heavy atom. The van der Waals surface area contributed by atoms with Gasteiger partial charge in [0.15, 0.2) is 0 Å². The van der Waals surface area contributed by atoms with Crippen molar-refractivity contribution in [2.45, 2.75) is 39.3 Å². The molecule has 0 aliphatic rings. The highest BCUT2D eigenvalue weighted by atomic mass is 35.5. The second-order valence-electron chi connectivity index (χ2n) is 7.63. The topological polar surface area (TPSA) is 50.9 Å². The molecule has 0 bridgehead atoms. The number of alkyl halides is 3. The molecule has 0 aliphatic heterocycles. The van der Waals surface area contributed by atoms with Gasteiger partial charge in [0, 0.05) is 34.8 Å². The van der Waals surface area contributed by atoms with Crippen LogP contribution in [0.3, 0.4) is 0 Å². The third-order valence-electron chi connectivity index (χ3n) is 5.49. The smallest absolute Gasteiger partial charge is 0.416 e. The van der Waals surface area contributed by atoms with Crippen molar-refractivity contribution in [1.29, 1.82) is 0 Å². The van der Waals surface area contributed by atoms with Crippen molar-refractivity contribution < 1.29 is 18.3 Å². The molecule has 0 radical (unpaired) electrons. The van der Waals surface area contributed by atoms with Gasteiger partial charge in [-0.3, -0.25) is 4.98 Å². The van der Waals surface area contributed by atoms with Crippen LogP contribution in [0.25, 0.3) is 16.6 Å². The Morgan fingerprint density at radius 2 is 1.64 bits per heavy atom. The molecule has 172 valence electrons. The molecule has 33 heavy (non-hydrogen) atoms. The van der Waals surface area contributed by atoms with Crippen molar-refractivity contribution in [2.75, 3.05) is 0 Å². The fourth-order valence-electron chi connectivity index (χ4n) is 3.93. The summed E-state index contributed by atoms with van der Waals surface area (Å²) in [6.07, 6.45) is -2.92. The molecular weight excluding hydrogens is 474 g/mol. The summed E-state index contributed by atoms with van der Waals surface area (Å²) >= 11 is 12.5. The summed E-state index contributed by atoms with van der Waals surface area (Å²) in [5.74, 6) is 0.134. The van der Waals surface area contributed by atoms with Crippen LogP contribution in [0.5, 0.6) is 5.75 Å². The van der Waals surface area contributed by atoms with Gasteiger partial charge in [-0.25, -0.2) is 4.68 Å². The molecule has 0 aliphatic carbocycles. The number of fused-ring (bicyclic) bond motifs is 1. The van der Waals surface area contributed by atoms with Crippen LogP contribution in [-0.4, -0.2) is 19.9 Å². The van der Waals surface area contributed by atoms with Gasteiger partial charge in [0.1, 0.15) is 11.4 Å². The molecule has 0 atom stereocenters. The molecule has 0 amide bonds. The highest BCUT2D eigenvalue weighted by Crippen LogP contribution is 2.38. The van der Waals surface area contributed by atoms with Gasteiger partial charge in [-0.05, 0) is 43.2 Å². The van der Waals surface area contributed by atoms with Crippen LogP contribution in [0.15, 0.2) is 42.5 Å². The Hall–Kier alpha value is -2.77. The number of pyridine rings is 1. The SMILES string of the molecule is CCc1nn(-c2c(Cl)cc(C(F)(F)F)cc2Cl)c(CC)c1Cc1ccc2ccc(O)cc2n1. The molecule has 0 unspecified atom stereocenters. The van der Waals surface area contributed by atoms with Gasteiger partial charge in [-0.1, -0.05) is 43.1 Å². The fourth-order valence-corrected chi connectivity index (χ4v) is 4.58. The van der Waals surface area contributed by atoms with Crippen molar-refractivity contribution in [3.05, 3.63) is 80.7 Å². The molecule has 0 saturated carbocycles. The van der Waals surface area contributed by atoms with Crippen molar-refractivity contribution in [3.63, 3.8) is 0 Å². The number of phenols is 1. The summed E-state index contributed by atoms with van der Waals surface area (Å²) in [5, 5.41) is 15.1. The molecule has 4 rings (SSSR count). The number of aromatic nitrogens is 3. The van der Waals surface area contributed by atoms with Gasteiger partial charge in [0.2, 0.25) is 0 Å². The zero-order valence-electron chi connectivity index (χ0n) is 17.8. The Kier molecular flexibility index (Phi) is 6.29. The van der Waals surface area contributed by atoms with Gasteiger partial charge in [0.05, 0.1) is 26.8 Å². The lowest BCUT2D eigenvalue weighted by Crippen LogP contribution is -2.09. The summed E-state index contributed by atoms with van der Waals surface area (Å²) in [4.78, 5) is 4.66. The minimum absolute atomic E-state index is 0.125. The molecule has 9 heteroatoms. The van der Waals surface area contributed by atoms with Gasteiger partial charge < -0.3 is 5.11 Å². The summed E-state index contributed by atoms with van der Waals surface area (Å²) in [6.45, 7) is 3.89. The van der Waals surface area contributed by atoms with Crippen LogP contribution in [0.2, 0.25) is 10.0 Å². The lowest BCUT2D eigenvalue weighted by Gasteiger charge is -2.14. The van der Waals surface area contributed by atoms with Gasteiger partial charge in [0.25, 0.3) is 0 Å². The summed E-state index contributed by atoms with van der Waals surface area (Å²) in [6, 6.07) is 10.6. The number of hydrogen-bond donors (Lipinski definition) is 1. The summed E-state index contributed by atoms with van der Waals surface area (Å²) in [5.41, 5.74) is 3.28. The van der Waals surface area contributed by atoms with Crippen LogP contribution >= 0.6 is 23.2 Å². The minimum Gasteiger partial charge on any atom is -0.508 e. The second kappa shape index (κ2) is 8.88. The highest BCUT2D eigenvalue weighted by Gasteiger charge is 2.32. The van der Waals surface area contributed by atoms with E-state index >= 15 is 0 Å². The first-order chi connectivity index (χ1) is 15.6. The molecule has 0 saturated heterocycles. The van der Waals surface area contributed by atoms with Crippen molar-refractivity contribution in [1.82, 2.24) is 14.8 Å². The van der Waals surface area contributed by atoms with E-state index in [0.717, 1.165) is 40.2 Å². The zero-order valence-corrected chi connectivity index (χ0v) is 19.4. The maximum atomic E-state index is 13.2. The zero-order chi connectivity index (χ0) is 23.9. The molecule has 0 spiro atoms. The number of halogens is 5. The Labute approximate surface area is 198 Å². The molecule has 4 nitrogen and oxygen atoms in total. The van der Waals surface area contributed by atoms with Crippen molar-refractivity contribution >= 4 is 34.1 Å². The van der Waals surface area contributed by atoms with Crippen molar-refractivity contribution in [3.8, 4) is 11.4 Å². The van der Waals surface area contributed by atoms with Crippen molar-refractivity contribution in [2.24, 2.45) is 0 Å². The first kappa shape index (κ1) is 23.4. The average molecular weight is 494 g/mol. The molecule has 2 aromatic heterocycles. The third kappa shape index (κ3) is 4.52. The minimum atomic E-state index is -4.56. The quantitative estimate of drug-likeness (QED) is 0.320. The van der Waals surface area contributed by atoms with E-state index in [-0.39, 0.29) is 21.5 Å². The van der Waals surface area contributed by atoms with Crippen LogP contribution in [-0.2, 0) is 25.4 Å². The van der Waals surface area contributed by atoms with E-state index in [9.17, 15) is 18.3 Å². The fraction of sp³-hybridized carbons (Fsp3) is 0.250. The van der Waals surface area contributed by atoms with E-state index in [2.05, 4.69) is 10.1 Å². The van der Waals surface area contributed by atoms with Crippen LogP contribution < -0.4 is 0 Å². The van der Waals surface area contributed by atoms with Gasteiger partial charge >= 0.3 is 6.18 Å². The van der Waals surface area contributed by atoms with Crippen LogP contribution in [0, 0.1) is 0 Å². The number of phenolic OH excluding ortho intramolecular Hbond substituents is 1. The largest absolute Gasteiger partial charge is 0.508 e. The van der Waals surface area contributed by atoms with E-state index < -0.39 is 11.7 Å². The molecule has 1 N–H and O–H groups in total. The van der Waals surface area contributed by atoms with E-state index in [1.807, 2.05) is 26.0 Å². The number of aryl methyl sites for hydroxylation is 1. The monoisotopic (exact) mass is 493 g/mol. The number of benzene rings is 2. The van der Waals surface area contributed by atoms with E-state index in [1.54, 1.807) is 22.9 Å². The Bertz CT molecular complexity index is 1330. The molecule has 0 fully saturated rings. The summed E-state index contributed by atoms with van der Waals surface area (Å²) < 4.78 is 41.0. The Morgan fingerprint density at radius 1 is 0.970 bits per heavy atom. The summed E-state index contributed by atoms with van der Waals surface area (Å²) in [7, 11) is 0. The predicted octanol–water partition coefficient (Wildman–Crippen LogP) is 7.17. The third-order valence-corrected chi connectivity index (χ3v) is 6.07. The van der Waals surface area contributed by atoms with Gasteiger partial charge in [-0.2, -0.15) is 18.3 Å². The number of rotatable bonds is 5.